The molecular weight excluding hydrogens is 317 g/mol. The molecule has 0 N–H and O–H groups in total. The zero-order valence-electron chi connectivity index (χ0n) is 11.2. The van der Waals surface area contributed by atoms with Crippen molar-refractivity contribution in [3.8, 4) is 5.75 Å². The first-order valence-electron chi connectivity index (χ1n) is 6.09. The average molecular weight is 326 g/mol. The minimum atomic E-state index is -4.59. The summed E-state index contributed by atoms with van der Waals surface area (Å²) in [7, 11) is 1.55. The molecule has 0 fully saturated rings. The van der Waals surface area contributed by atoms with Crippen molar-refractivity contribution in [2.45, 2.75) is 6.18 Å². The number of hydrogen-bond donors (Lipinski definition) is 0. The summed E-state index contributed by atoms with van der Waals surface area (Å²) in [6.07, 6.45) is -1.26. The van der Waals surface area contributed by atoms with Gasteiger partial charge in [0.1, 0.15) is 10.8 Å². The number of hydrogen-bond acceptors (Lipinski definition) is 5. The predicted octanol–water partition coefficient (Wildman–Crippen LogP) is 3.38. The summed E-state index contributed by atoms with van der Waals surface area (Å²) in [6.45, 7) is 0. The monoisotopic (exact) mass is 326 g/mol. The minimum Gasteiger partial charge on any atom is -0.496 e. The predicted molar refractivity (Wildman–Crippen MR) is 75.6 cm³/mol. The molecule has 114 valence electrons. The van der Waals surface area contributed by atoms with Crippen LogP contribution in [0.5, 0.6) is 5.75 Å². The normalized spacial score (nSPS) is 12.4. The Labute approximate surface area is 126 Å². The summed E-state index contributed by atoms with van der Waals surface area (Å²) in [4.78, 5) is 0.0898. The van der Waals surface area contributed by atoms with Gasteiger partial charge in [0.25, 0.3) is 5.82 Å². The van der Waals surface area contributed by atoms with Crippen LogP contribution in [0.1, 0.15) is 16.4 Å². The molecule has 0 saturated carbocycles. The second-order valence-corrected chi connectivity index (χ2v) is 5.22. The topological polar surface area (TPSA) is 52.3 Å². The van der Waals surface area contributed by atoms with Gasteiger partial charge in [-0.3, -0.25) is 0 Å². The molecule has 9 heteroatoms. The number of aromatic nitrogens is 4. The van der Waals surface area contributed by atoms with E-state index in [1.165, 1.54) is 0 Å². The van der Waals surface area contributed by atoms with E-state index in [4.69, 9.17) is 4.74 Å². The second kappa shape index (κ2) is 5.41. The maximum atomic E-state index is 12.7. The molecule has 0 atom stereocenters. The van der Waals surface area contributed by atoms with E-state index in [2.05, 4.69) is 15.3 Å². The maximum Gasteiger partial charge on any atom is 0.453 e. The maximum absolute atomic E-state index is 12.7. The van der Waals surface area contributed by atoms with Crippen molar-refractivity contribution < 1.29 is 17.9 Å². The first-order valence-corrected chi connectivity index (χ1v) is 6.91. The third kappa shape index (κ3) is 2.67. The highest BCUT2D eigenvalue weighted by Gasteiger charge is 2.38. The Morgan fingerprint density at radius 1 is 1.18 bits per heavy atom. The Bertz CT molecular complexity index is 837. The highest BCUT2D eigenvalue weighted by atomic mass is 32.1. The number of para-hydroxylation sites is 1. The summed E-state index contributed by atoms with van der Waals surface area (Å²) in [6, 6.07) is 7.29. The van der Waals surface area contributed by atoms with Gasteiger partial charge < -0.3 is 4.74 Å². The van der Waals surface area contributed by atoms with Crippen molar-refractivity contribution in [1.82, 2.24) is 19.8 Å². The van der Waals surface area contributed by atoms with Gasteiger partial charge in [-0.05, 0) is 18.2 Å². The van der Waals surface area contributed by atoms with E-state index in [1.54, 1.807) is 25.3 Å². The van der Waals surface area contributed by atoms with Gasteiger partial charge in [0.15, 0.2) is 0 Å². The number of methoxy groups -OCH3 is 1. The van der Waals surface area contributed by atoms with Gasteiger partial charge >= 0.3 is 6.18 Å². The highest BCUT2D eigenvalue weighted by Crippen LogP contribution is 2.29. The summed E-state index contributed by atoms with van der Waals surface area (Å²) >= 11 is 1.02. The first-order chi connectivity index (χ1) is 10.5. The van der Waals surface area contributed by atoms with Crippen molar-refractivity contribution >= 4 is 28.4 Å². The fraction of sp³-hybridized carbons (Fsp3) is 0.154. The quantitative estimate of drug-likeness (QED) is 0.740. The lowest BCUT2D eigenvalue weighted by molar-refractivity contribution is -0.146. The molecule has 0 aliphatic carbocycles. The molecule has 0 radical (unpaired) electrons. The number of alkyl halides is 3. The lowest BCUT2D eigenvalue weighted by Gasteiger charge is -2.02. The van der Waals surface area contributed by atoms with Gasteiger partial charge in [-0.25, -0.2) is 0 Å². The van der Waals surface area contributed by atoms with E-state index in [-0.39, 0.29) is 4.96 Å². The number of benzene rings is 1. The fourth-order valence-electron chi connectivity index (χ4n) is 1.84. The van der Waals surface area contributed by atoms with Crippen LogP contribution in [0.25, 0.3) is 17.1 Å². The first kappa shape index (κ1) is 14.5. The summed E-state index contributed by atoms with van der Waals surface area (Å²) < 4.78 is 44.0. The molecule has 3 rings (SSSR count). The molecule has 0 unspecified atom stereocenters. The second-order valence-electron chi connectivity index (χ2n) is 4.23. The van der Waals surface area contributed by atoms with Crippen LogP contribution in [0.15, 0.2) is 24.3 Å². The number of fused-ring (bicyclic) bond motifs is 1. The zero-order valence-corrected chi connectivity index (χ0v) is 12.0. The van der Waals surface area contributed by atoms with E-state index >= 15 is 0 Å². The molecule has 0 saturated heterocycles. The van der Waals surface area contributed by atoms with E-state index < -0.39 is 12.0 Å². The summed E-state index contributed by atoms with van der Waals surface area (Å²) in [5, 5.41) is 10.9. The molecule has 22 heavy (non-hydrogen) atoms. The van der Waals surface area contributed by atoms with Gasteiger partial charge in [-0.15, -0.1) is 10.2 Å². The van der Waals surface area contributed by atoms with Gasteiger partial charge in [0, 0.05) is 5.56 Å². The van der Waals surface area contributed by atoms with Crippen molar-refractivity contribution in [2.24, 2.45) is 0 Å². The molecule has 3 aromatic rings. The van der Waals surface area contributed by atoms with Crippen LogP contribution < -0.4 is 4.74 Å². The van der Waals surface area contributed by atoms with Gasteiger partial charge in [-0.2, -0.15) is 22.8 Å². The fourth-order valence-corrected chi connectivity index (χ4v) is 2.58. The van der Waals surface area contributed by atoms with Crippen molar-refractivity contribution in [2.75, 3.05) is 7.11 Å². The Morgan fingerprint density at radius 3 is 2.68 bits per heavy atom. The molecule has 1 aromatic carbocycles. The van der Waals surface area contributed by atoms with E-state index in [0.717, 1.165) is 16.9 Å². The van der Waals surface area contributed by atoms with Crippen LogP contribution in [-0.2, 0) is 6.18 Å². The lowest BCUT2D eigenvalue weighted by Crippen LogP contribution is -2.11. The number of rotatable bonds is 3. The number of halogens is 3. The minimum absolute atomic E-state index is 0.0898. The number of ether oxygens (including phenoxy) is 1. The SMILES string of the molecule is COc1ccccc1/C=C\c1nn2c(C(F)(F)F)nnc2s1. The van der Waals surface area contributed by atoms with Gasteiger partial charge in [0.05, 0.1) is 7.11 Å². The Morgan fingerprint density at radius 2 is 1.95 bits per heavy atom. The highest BCUT2D eigenvalue weighted by molar-refractivity contribution is 7.17. The van der Waals surface area contributed by atoms with Crippen LogP contribution >= 0.6 is 11.3 Å². The van der Waals surface area contributed by atoms with Crippen LogP contribution in [0.3, 0.4) is 0 Å². The molecule has 0 aliphatic heterocycles. The van der Waals surface area contributed by atoms with Crippen molar-refractivity contribution in [3.05, 3.63) is 40.7 Å². The Balaban J connectivity index is 1.95. The van der Waals surface area contributed by atoms with Crippen molar-refractivity contribution in [1.29, 1.82) is 0 Å². The summed E-state index contributed by atoms with van der Waals surface area (Å²) in [5.41, 5.74) is 0.798. The molecule has 0 aliphatic rings. The molecule has 2 aromatic heterocycles. The smallest absolute Gasteiger partial charge is 0.453 e. The molecule has 0 spiro atoms. The van der Waals surface area contributed by atoms with Crippen LogP contribution in [0.2, 0.25) is 0 Å². The lowest BCUT2D eigenvalue weighted by atomic mass is 10.2. The zero-order chi connectivity index (χ0) is 15.7. The van der Waals surface area contributed by atoms with Crippen LogP contribution in [-0.4, -0.2) is 26.9 Å². The molecule has 0 bridgehead atoms. The molecule has 5 nitrogen and oxygen atoms in total. The van der Waals surface area contributed by atoms with E-state index in [9.17, 15) is 13.2 Å². The molecule has 0 amide bonds. The largest absolute Gasteiger partial charge is 0.496 e. The number of nitrogens with zero attached hydrogens (tertiary/aromatic N) is 4. The van der Waals surface area contributed by atoms with E-state index in [1.807, 2.05) is 18.2 Å². The summed E-state index contributed by atoms with van der Waals surface area (Å²) in [5.74, 6) is -0.464. The van der Waals surface area contributed by atoms with E-state index in [0.29, 0.717) is 15.3 Å². The third-order valence-corrected chi connectivity index (χ3v) is 3.67. The average Bonchev–Trinajstić information content (AvgIpc) is 3.04. The van der Waals surface area contributed by atoms with Gasteiger partial charge in [-0.1, -0.05) is 29.5 Å². The molecular formula is C13H9F3N4OS. The van der Waals surface area contributed by atoms with Crippen molar-refractivity contribution in [3.63, 3.8) is 0 Å². The van der Waals surface area contributed by atoms with Crippen LogP contribution in [0.4, 0.5) is 13.2 Å². The Kier molecular flexibility index (Phi) is 3.57. The third-order valence-electron chi connectivity index (χ3n) is 2.80. The standard InChI is InChI=1S/C13H9F3N4OS/c1-21-9-5-3-2-4-8(9)6-7-10-19-20-11(13(14,15)16)17-18-12(20)22-10/h2-7H,1H3/b7-6-. The molecule has 2 heterocycles. The Hall–Kier alpha value is -2.42. The van der Waals surface area contributed by atoms with Crippen LogP contribution in [0, 0.1) is 0 Å². The van der Waals surface area contributed by atoms with Gasteiger partial charge in [0.2, 0.25) is 4.96 Å².